The van der Waals surface area contributed by atoms with Gasteiger partial charge in [-0.2, -0.15) is 5.26 Å². The van der Waals surface area contributed by atoms with Crippen LogP contribution in [-0.4, -0.2) is 40.5 Å². The summed E-state index contributed by atoms with van der Waals surface area (Å²) >= 11 is 0. The van der Waals surface area contributed by atoms with Gasteiger partial charge in [-0.1, -0.05) is 13.0 Å². The maximum Gasteiger partial charge on any atom is 0.188 e. The number of likely N-dealkylation sites (N-methyl/N-ethyl adjacent to an activating group) is 1. The molecule has 1 aliphatic carbocycles. The average Bonchev–Trinajstić information content (AvgIpc) is 2.38. The molecule has 2 atom stereocenters. The van der Waals surface area contributed by atoms with Crippen LogP contribution in [0.4, 0.5) is 0 Å². The van der Waals surface area contributed by atoms with Crippen molar-refractivity contribution in [2.45, 2.75) is 37.0 Å². The number of likely N-dealkylation sites (tertiary alicyclic amines) is 1. The van der Waals surface area contributed by atoms with Crippen molar-refractivity contribution in [2.24, 2.45) is 0 Å². The minimum absolute atomic E-state index is 0.285. The molecular weight excluding hydrogens is 240 g/mol. The SMILES string of the molecule is CN1CC[C@]2(C)c3cc(C#N)ccc3C[C@@H]1C2(O)O. The number of aliphatic hydroxyl groups is 2. The van der Waals surface area contributed by atoms with E-state index in [0.717, 1.165) is 17.7 Å². The lowest BCUT2D eigenvalue weighted by Gasteiger charge is -2.57. The zero-order valence-corrected chi connectivity index (χ0v) is 11.2. The van der Waals surface area contributed by atoms with Crippen molar-refractivity contribution >= 4 is 0 Å². The maximum absolute atomic E-state index is 10.6. The van der Waals surface area contributed by atoms with Crippen LogP contribution in [0.25, 0.3) is 0 Å². The summed E-state index contributed by atoms with van der Waals surface area (Å²) in [5, 5.41) is 30.3. The third-order valence-corrected chi connectivity index (χ3v) is 5.02. The molecule has 2 aliphatic rings. The molecule has 1 heterocycles. The van der Waals surface area contributed by atoms with Gasteiger partial charge in [-0.05, 0) is 49.7 Å². The Morgan fingerprint density at radius 2 is 2.16 bits per heavy atom. The Bertz CT molecular complexity index is 576. The average molecular weight is 258 g/mol. The molecule has 0 unspecified atom stereocenters. The van der Waals surface area contributed by atoms with Gasteiger partial charge in [-0.3, -0.25) is 4.90 Å². The Kier molecular flexibility index (Phi) is 2.52. The molecule has 3 rings (SSSR count). The normalized spacial score (nSPS) is 32.5. The van der Waals surface area contributed by atoms with E-state index in [0.29, 0.717) is 18.4 Å². The molecule has 100 valence electrons. The van der Waals surface area contributed by atoms with Crippen LogP contribution in [0.2, 0.25) is 0 Å². The van der Waals surface area contributed by atoms with E-state index in [2.05, 4.69) is 6.07 Å². The van der Waals surface area contributed by atoms with Gasteiger partial charge in [-0.15, -0.1) is 0 Å². The van der Waals surface area contributed by atoms with Crippen molar-refractivity contribution in [2.75, 3.05) is 13.6 Å². The van der Waals surface area contributed by atoms with Crippen LogP contribution in [0.15, 0.2) is 18.2 Å². The standard InChI is InChI=1S/C15H18N2O2/c1-14-5-6-17(2)13(15(14,18)19)8-11-4-3-10(9-16)7-12(11)14/h3-4,7,13,18-19H,5-6,8H2,1-2H3/t13-,14-/m1/s1. The molecular formula is C15H18N2O2. The number of hydrogen-bond acceptors (Lipinski definition) is 4. The van der Waals surface area contributed by atoms with Crippen LogP contribution in [0.3, 0.4) is 0 Å². The van der Waals surface area contributed by atoms with Gasteiger partial charge in [0.05, 0.1) is 17.7 Å². The number of nitriles is 1. The van der Waals surface area contributed by atoms with E-state index in [9.17, 15) is 10.2 Å². The first-order valence-corrected chi connectivity index (χ1v) is 6.58. The van der Waals surface area contributed by atoms with Crippen LogP contribution in [0.1, 0.15) is 30.0 Å². The predicted molar refractivity (Wildman–Crippen MR) is 70.4 cm³/mol. The first kappa shape index (κ1) is 12.6. The quantitative estimate of drug-likeness (QED) is 0.674. The number of piperidine rings is 1. The van der Waals surface area contributed by atoms with Gasteiger partial charge in [0.1, 0.15) is 0 Å². The van der Waals surface area contributed by atoms with Crippen molar-refractivity contribution < 1.29 is 10.2 Å². The molecule has 0 saturated carbocycles. The third kappa shape index (κ3) is 1.50. The number of fused-ring (bicyclic) bond motifs is 4. The van der Waals surface area contributed by atoms with E-state index < -0.39 is 11.2 Å². The highest BCUT2D eigenvalue weighted by Gasteiger charge is 2.59. The second-order valence-corrected chi connectivity index (χ2v) is 5.99. The van der Waals surface area contributed by atoms with Crippen molar-refractivity contribution in [3.05, 3.63) is 34.9 Å². The summed E-state index contributed by atoms with van der Waals surface area (Å²) < 4.78 is 0. The smallest absolute Gasteiger partial charge is 0.188 e. The molecule has 1 aromatic carbocycles. The van der Waals surface area contributed by atoms with E-state index in [-0.39, 0.29) is 6.04 Å². The second-order valence-electron chi connectivity index (χ2n) is 5.99. The fraction of sp³-hybridized carbons (Fsp3) is 0.533. The summed E-state index contributed by atoms with van der Waals surface area (Å²) in [6.45, 7) is 2.73. The maximum atomic E-state index is 10.6. The predicted octanol–water partition coefficient (Wildman–Crippen LogP) is 0.757. The molecule has 0 spiro atoms. The highest BCUT2D eigenvalue weighted by Crippen LogP contribution is 2.49. The van der Waals surface area contributed by atoms with Gasteiger partial charge in [0, 0.05) is 5.41 Å². The number of benzene rings is 1. The lowest BCUT2D eigenvalue weighted by atomic mass is 9.60. The van der Waals surface area contributed by atoms with Crippen molar-refractivity contribution in [3.63, 3.8) is 0 Å². The summed E-state index contributed by atoms with van der Waals surface area (Å²) in [4.78, 5) is 2.02. The summed E-state index contributed by atoms with van der Waals surface area (Å²) in [5.74, 6) is -1.75. The minimum atomic E-state index is -1.75. The first-order valence-electron chi connectivity index (χ1n) is 6.58. The lowest BCUT2D eigenvalue weighted by molar-refractivity contribution is -0.270. The van der Waals surface area contributed by atoms with Crippen LogP contribution < -0.4 is 0 Å². The molecule has 0 radical (unpaired) electrons. The third-order valence-electron chi connectivity index (χ3n) is 5.02. The fourth-order valence-corrected chi connectivity index (χ4v) is 3.59. The summed E-state index contributed by atoms with van der Waals surface area (Å²) in [5.41, 5.74) is 1.91. The molecule has 1 aliphatic heterocycles. The van der Waals surface area contributed by atoms with Gasteiger partial charge >= 0.3 is 0 Å². The van der Waals surface area contributed by atoms with Crippen molar-refractivity contribution in [1.29, 1.82) is 5.26 Å². The Hall–Kier alpha value is -1.41. The van der Waals surface area contributed by atoms with Crippen LogP contribution in [0.5, 0.6) is 0 Å². The second kappa shape index (κ2) is 3.80. The van der Waals surface area contributed by atoms with Crippen molar-refractivity contribution in [1.82, 2.24) is 4.90 Å². The zero-order chi connectivity index (χ0) is 13.8. The summed E-state index contributed by atoms with van der Waals surface area (Å²) in [7, 11) is 1.93. The zero-order valence-electron chi connectivity index (χ0n) is 11.2. The summed E-state index contributed by atoms with van der Waals surface area (Å²) in [6, 6.07) is 7.42. The monoisotopic (exact) mass is 258 g/mol. The first-order chi connectivity index (χ1) is 8.90. The summed E-state index contributed by atoms with van der Waals surface area (Å²) in [6.07, 6.45) is 1.29. The molecule has 4 heteroatoms. The van der Waals surface area contributed by atoms with E-state index in [1.54, 1.807) is 6.07 Å². The molecule has 0 amide bonds. The van der Waals surface area contributed by atoms with Gasteiger partial charge in [0.2, 0.25) is 0 Å². The van der Waals surface area contributed by atoms with Crippen LogP contribution >= 0.6 is 0 Å². The van der Waals surface area contributed by atoms with Crippen LogP contribution in [-0.2, 0) is 11.8 Å². The highest BCUT2D eigenvalue weighted by atomic mass is 16.5. The van der Waals surface area contributed by atoms with Gasteiger partial charge in [0.15, 0.2) is 5.79 Å². The molecule has 4 nitrogen and oxygen atoms in total. The fourth-order valence-electron chi connectivity index (χ4n) is 3.59. The molecule has 0 aromatic heterocycles. The van der Waals surface area contributed by atoms with Gasteiger partial charge in [0.25, 0.3) is 0 Å². The Balaban J connectivity index is 2.22. The highest BCUT2D eigenvalue weighted by molar-refractivity contribution is 5.47. The lowest BCUT2D eigenvalue weighted by Crippen LogP contribution is -2.69. The molecule has 1 aromatic rings. The van der Waals surface area contributed by atoms with Gasteiger partial charge < -0.3 is 10.2 Å². The van der Waals surface area contributed by atoms with Gasteiger partial charge in [-0.25, -0.2) is 0 Å². The van der Waals surface area contributed by atoms with Crippen molar-refractivity contribution in [3.8, 4) is 6.07 Å². The Labute approximate surface area is 112 Å². The van der Waals surface area contributed by atoms with E-state index >= 15 is 0 Å². The molecule has 2 bridgehead atoms. The van der Waals surface area contributed by atoms with Crippen LogP contribution in [0, 0.1) is 11.3 Å². The van der Waals surface area contributed by atoms with E-state index in [4.69, 9.17) is 5.26 Å². The largest absolute Gasteiger partial charge is 0.364 e. The number of hydrogen-bond donors (Lipinski definition) is 2. The molecule has 1 saturated heterocycles. The minimum Gasteiger partial charge on any atom is -0.364 e. The van der Waals surface area contributed by atoms with E-state index in [1.807, 2.05) is 31.0 Å². The Morgan fingerprint density at radius 1 is 1.42 bits per heavy atom. The molecule has 2 N–H and O–H groups in total. The number of rotatable bonds is 0. The number of nitrogens with zero attached hydrogens (tertiary/aromatic N) is 2. The molecule has 1 fully saturated rings. The Morgan fingerprint density at radius 3 is 2.84 bits per heavy atom. The van der Waals surface area contributed by atoms with E-state index in [1.165, 1.54) is 0 Å². The topological polar surface area (TPSA) is 67.5 Å². The molecule has 19 heavy (non-hydrogen) atoms.